The minimum atomic E-state index is -1.14. The van der Waals surface area contributed by atoms with E-state index in [9.17, 15) is 14.4 Å². The summed E-state index contributed by atoms with van der Waals surface area (Å²) in [5, 5.41) is 16.8. The average molecular weight is 354 g/mol. The fourth-order valence-corrected chi connectivity index (χ4v) is 2.88. The Morgan fingerprint density at radius 1 is 1.17 bits per heavy atom. The minimum Gasteiger partial charge on any atom is -0.478 e. The van der Waals surface area contributed by atoms with Crippen LogP contribution in [0.2, 0.25) is 5.02 Å². The second-order valence-electron chi connectivity index (χ2n) is 5.71. The van der Waals surface area contributed by atoms with Gasteiger partial charge in [-0.25, -0.2) is 9.59 Å². The predicted octanol–water partition coefficient (Wildman–Crippen LogP) is 2.61. The van der Waals surface area contributed by atoms with E-state index in [1.54, 1.807) is 0 Å². The number of rotatable bonds is 5. The van der Waals surface area contributed by atoms with E-state index in [4.69, 9.17) is 16.7 Å². The molecule has 1 aromatic carbocycles. The second-order valence-corrected chi connectivity index (χ2v) is 6.12. The summed E-state index contributed by atoms with van der Waals surface area (Å²) < 4.78 is 0. The van der Waals surface area contributed by atoms with Crippen LogP contribution in [-0.4, -0.2) is 35.6 Å². The Labute approximate surface area is 144 Å². The number of benzene rings is 1. The van der Waals surface area contributed by atoms with Gasteiger partial charge in [0.05, 0.1) is 17.1 Å². The molecule has 130 valence electrons. The first kappa shape index (κ1) is 18.1. The summed E-state index contributed by atoms with van der Waals surface area (Å²) in [4.78, 5) is 34.4. The molecule has 1 saturated carbocycles. The normalized spacial score (nSPS) is 14.7. The Balaban J connectivity index is 1.77. The molecule has 4 N–H and O–H groups in total. The molecule has 0 bridgehead atoms. The molecule has 7 nitrogen and oxygen atoms in total. The number of carbonyl (C=O) groups excluding carboxylic acids is 2. The smallest absolute Gasteiger partial charge is 0.337 e. The number of urea groups is 1. The van der Waals surface area contributed by atoms with E-state index < -0.39 is 11.9 Å². The number of carboxylic acid groups (broad SMARTS) is 1. The van der Waals surface area contributed by atoms with Crippen LogP contribution in [0.15, 0.2) is 18.2 Å². The molecule has 0 aliphatic heterocycles. The van der Waals surface area contributed by atoms with Gasteiger partial charge in [0.1, 0.15) is 0 Å². The van der Waals surface area contributed by atoms with Gasteiger partial charge in [-0.1, -0.05) is 30.9 Å². The second kappa shape index (κ2) is 8.54. The highest BCUT2D eigenvalue weighted by atomic mass is 35.5. The maximum Gasteiger partial charge on any atom is 0.337 e. The Kier molecular flexibility index (Phi) is 6.43. The van der Waals surface area contributed by atoms with E-state index in [-0.39, 0.29) is 29.2 Å². The Bertz CT molecular complexity index is 630. The van der Waals surface area contributed by atoms with Crippen molar-refractivity contribution in [3.8, 4) is 0 Å². The molecule has 0 saturated heterocycles. The molecule has 0 aromatic heterocycles. The van der Waals surface area contributed by atoms with Gasteiger partial charge in [-0.2, -0.15) is 0 Å². The predicted molar refractivity (Wildman–Crippen MR) is 90.4 cm³/mol. The summed E-state index contributed by atoms with van der Waals surface area (Å²) in [6.45, 7) is -0.184. The third-order valence-electron chi connectivity index (χ3n) is 3.83. The van der Waals surface area contributed by atoms with Crippen molar-refractivity contribution in [2.75, 3.05) is 11.9 Å². The van der Waals surface area contributed by atoms with E-state index in [0.717, 1.165) is 25.7 Å². The van der Waals surface area contributed by atoms with Gasteiger partial charge >= 0.3 is 12.0 Å². The number of carboxylic acids is 1. The summed E-state index contributed by atoms with van der Waals surface area (Å²) in [6.07, 6.45) is 5.35. The van der Waals surface area contributed by atoms with Crippen molar-refractivity contribution in [3.63, 3.8) is 0 Å². The van der Waals surface area contributed by atoms with Gasteiger partial charge in [-0.05, 0) is 31.0 Å². The van der Waals surface area contributed by atoms with Gasteiger partial charge in [0.25, 0.3) is 0 Å². The van der Waals surface area contributed by atoms with E-state index >= 15 is 0 Å². The topological polar surface area (TPSA) is 108 Å². The van der Waals surface area contributed by atoms with Gasteiger partial charge in [-0.15, -0.1) is 0 Å². The van der Waals surface area contributed by atoms with Crippen molar-refractivity contribution < 1.29 is 19.5 Å². The van der Waals surface area contributed by atoms with E-state index in [1.165, 1.54) is 24.6 Å². The summed E-state index contributed by atoms with van der Waals surface area (Å²) in [7, 11) is 0. The number of hydrogen-bond donors (Lipinski definition) is 4. The van der Waals surface area contributed by atoms with Crippen molar-refractivity contribution in [3.05, 3.63) is 28.8 Å². The minimum absolute atomic E-state index is 0.0308. The number of aromatic carboxylic acids is 1. The molecule has 8 heteroatoms. The van der Waals surface area contributed by atoms with Crippen molar-refractivity contribution in [2.45, 2.75) is 38.1 Å². The van der Waals surface area contributed by atoms with Gasteiger partial charge < -0.3 is 21.1 Å². The van der Waals surface area contributed by atoms with Gasteiger partial charge in [0.2, 0.25) is 5.91 Å². The summed E-state index contributed by atoms with van der Waals surface area (Å²) in [5.41, 5.74) is 0.323. The zero-order valence-corrected chi connectivity index (χ0v) is 13.9. The van der Waals surface area contributed by atoms with Crippen LogP contribution in [-0.2, 0) is 4.79 Å². The lowest BCUT2D eigenvalue weighted by Crippen LogP contribution is -2.45. The van der Waals surface area contributed by atoms with E-state index in [0.29, 0.717) is 5.69 Å². The molecular weight excluding hydrogens is 334 g/mol. The van der Waals surface area contributed by atoms with Crippen LogP contribution in [0.4, 0.5) is 10.5 Å². The van der Waals surface area contributed by atoms with Crippen molar-refractivity contribution in [1.82, 2.24) is 10.6 Å². The SMILES string of the molecule is O=C(CNC(=O)NC1CCCCC1)Nc1ccc(C(=O)O)c(Cl)c1. The number of anilines is 1. The Morgan fingerprint density at radius 3 is 2.50 bits per heavy atom. The quantitative estimate of drug-likeness (QED) is 0.652. The summed E-state index contributed by atoms with van der Waals surface area (Å²) in [5.74, 6) is -1.56. The van der Waals surface area contributed by atoms with Crippen LogP contribution in [0, 0.1) is 0 Å². The molecule has 0 unspecified atom stereocenters. The van der Waals surface area contributed by atoms with Crippen molar-refractivity contribution in [1.29, 1.82) is 0 Å². The zero-order chi connectivity index (χ0) is 17.5. The monoisotopic (exact) mass is 353 g/mol. The highest BCUT2D eigenvalue weighted by Crippen LogP contribution is 2.21. The molecular formula is C16H20ClN3O4. The van der Waals surface area contributed by atoms with Crippen LogP contribution >= 0.6 is 11.6 Å². The lowest BCUT2D eigenvalue weighted by atomic mass is 9.96. The Hall–Kier alpha value is -2.28. The first-order valence-electron chi connectivity index (χ1n) is 7.83. The van der Waals surface area contributed by atoms with Crippen molar-refractivity contribution in [2.24, 2.45) is 0 Å². The molecule has 1 aliphatic carbocycles. The van der Waals surface area contributed by atoms with E-state index in [1.807, 2.05) is 0 Å². The first-order chi connectivity index (χ1) is 11.5. The highest BCUT2D eigenvalue weighted by molar-refractivity contribution is 6.33. The molecule has 0 radical (unpaired) electrons. The lowest BCUT2D eigenvalue weighted by molar-refractivity contribution is -0.115. The van der Waals surface area contributed by atoms with Crippen LogP contribution in [0.1, 0.15) is 42.5 Å². The fraction of sp³-hybridized carbons (Fsp3) is 0.438. The highest BCUT2D eigenvalue weighted by Gasteiger charge is 2.16. The standard InChI is InChI=1S/C16H20ClN3O4/c17-13-8-11(6-7-12(13)15(22)23)19-14(21)9-18-16(24)20-10-4-2-1-3-5-10/h6-8,10H,1-5,9H2,(H,19,21)(H,22,23)(H2,18,20,24). The number of hydrogen-bond acceptors (Lipinski definition) is 3. The van der Waals surface area contributed by atoms with Gasteiger partial charge in [0.15, 0.2) is 0 Å². The molecule has 0 spiro atoms. The summed E-state index contributed by atoms with van der Waals surface area (Å²) in [6, 6.07) is 3.91. The number of halogens is 1. The molecule has 1 aliphatic rings. The van der Waals surface area contributed by atoms with Crippen LogP contribution in [0.3, 0.4) is 0 Å². The van der Waals surface area contributed by atoms with Crippen LogP contribution in [0.5, 0.6) is 0 Å². The van der Waals surface area contributed by atoms with Crippen LogP contribution < -0.4 is 16.0 Å². The number of carbonyl (C=O) groups is 3. The average Bonchev–Trinajstić information content (AvgIpc) is 2.53. The van der Waals surface area contributed by atoms with Crippen LogP contribution in [0.25, 0.3) is 0 Å². The molecule has 2 rings (SSSR count). The third kappa shape index (κ3) is 5.42. The maximum atomic E-state index is 11.8. The first-order valence-corrected chi connectivity index (χ1v) is 8.20. The maximum absolute atomic E-state index is 11.8. The lowest BCUT2D eigenvalue weighted by Gasteiger charge is -2.22. The van der Waals surface area contributed by atoms with Crippen molar-refractivity contribution >= 4 is 35.2 Å². The number of nitrogens with one attached hydrogen (secondary N) is 3. The molecule has 1 fully saturated rings. The molecule has 1 aromatic rings. The summed E-state index contributed by atoms with van der Waals surface area (Å²) >= 11 is 5.83. The zero-order valence-electron chi connectivity index (χ0n) is 13.1. The molecule has 3 amide bonds. The van der Waals surface area contributed by atoms with E-state index in [2.05, 4.69) is 16.0 Å². The largest absolute Gasteiger partial charge is 0.478 e. The van der Waals surface area contributed by atoms with Gasteiger partial charge in [0, 0.05) is 11.7 Å². The molecule has 0 heterocycles. The Morgan fingerprint density at radius 2 is 1.88 bits per heavy atom. The fourth-order valence-electron chi connectivity index (χ4n) is 2.62. The number of amides is 3. The third-order valence-corrected chi connectivity index (χ3v) is 4.15. The molecule has 0 atom stereocenters. The molecule has 24 heavy (non-hydrogen) atoms. The van der Waals surface area contributed by atoms with Gasteiger partial charge in [-0.3, -0.25) is 4.79 Å².